The van der Waals surface area contributed by atoms with Crippen LogP contribution in [-0.2, 0) is 14.6 Å². The topological polar surface area (TPSA) is 74.7 Å². The van der Waals surface area contributed by atoms with Crippen LogP contribution in [0.3, 0.4) is 0 Å². The number of sulfone groups is 1. The van der Waals surface area contributed by atoms with Crippen LogP contribution in [0, 0.1) is 0 Å². The number of aliphatic hydroxyl groups is 1. The van der Waals surface area contributed by atoms with E-state index >= 15 is 0 Å². The molecule has 0 aliphatic carbocycles. The van der Waals surface area contributed by atoms with E-state index in [4.69, 9.17) is 0 Å². The van der Waals surface area contributed by atoms with Crippen molar-refractivity contribution in [3.8, 4) is 0 Å². The number of hydrogen-bond acceptors (Lipinski definition) is 4. The number of nitrogens with zero attached hydrogens (tertiary/aromatic N) is 1. The van der Waals surface area contributed by atoms with Crippen molar-refractivity contribution in [2.75, 3.05) is 19.8 Å². The maximum Gasteiger partial charge on any atom is 0.243 e. The van der Waals surface area contributed by atoms with Crippen LogP contribution in [0.4, 0.5) is 0 Å². The summed E-state index contributed by atoms with van der Waals surface area (Å²) in [7, 11) is -2.00. The highest BCUT2D eigenvalue weighted by atomic mass is 32.2. The van der Waals surface area contributed by atoms with Crippen LogP contribution in [0.25, 0.3) is 0 Å². The fourth-order valence-electron chi connectivity index (χ4n) is 1.27. The van der Waals surface area contributed by atoms with Crippen LogP contribution in [0.15, 0.2) is 0 Å². The summed E-state index contributed by atoms with van der Waals surface area (Å²) in [5, 5.41) is 9.56. The Bertz CT molecular complexity index is 365. The van der Waals surface area contributed by atoms with Gasteiger partial charge >= 0.3 is 0 Å². The number of amides is 1. The van der Waals surface area contributed by atoms with Gasteiger partial charge < -0.3 is 10.0 Å². The Kier molecular flexibility index (Phi) is 4.16. The fourth-order valence-corrected chi connectivity index (χ4v) is 1.74. The van der Waals surface area contributed by atoms with Gasteiger partial charge in [0.2, 0.25) is 5.91 Å². The molecule has 0 saturated heterocycles. The van der Waals surface area contributed by atoms with E-state index < -0.39 is 26.1 Å². The summed E-state index contributed by atoms with van der Waals surface area (Å²) in [5.41, 5.74) is -1.04. The monoisotopic (exact) mass is 251 g/mol. The molecule has 0 radical (unpaired) electrons. The molecule has 1 amide bonds. The van der Waals surface area contributed by atoms with E-state index in [-0.39, 0.29) is 6.54 Å². The molecule has 0 aromatic rings. The van der Waals surface area contributed by atoms with Crippen molar-refractivity contribution in [2.45, 2.75) is 38.0 Å². The first-order chi connectivity index (χ1) is 6.79. The van der Waals surface area contributed by atoms with Gasteiger partial charge in [-0.2, -0.15) is 0 Å². The molecule has 0 bridgehead atoms. The molecular weight excluding hydrogens is 230 g/mol. The van der Waals surface area contributed by atoms with Gasteiger partial charge in [0.1, 0.15) is 4.75 Å². The third-order valence-corrected chi connectivity index (χ3v) is 4.44. The van der Waals surface area contributed by atoms with Gasteiger partial charge in [0.05, 0.1) is 5.60 Å². The Hall–Kier alpha value is -0.620. The van der Waals surface area contributed by atoms with Gasteiger partial charge in [-0.05, 0) is 27.7 Å². The van der Waals surface area contributed by atoms with Crippen molar-refractivity contribution in [2.24, 2.45) is 0 Å². The van der Waals surface area contributed by atoms with Crippen LogP contribution in [0.5, 0.6) is 0 Å². The van der Waals surface area contributed by atoms with Gasteiger partial charge in [0, 0.05) is 19.8 Å². The highest BCUT2D eigenvalue weighted by Gasteiger charge is 2.41. The maximum absolute atomic E-state index is 11.9. The third kappa shape index (κ3) is 3.75. The van der Waals surface area contributed by atoms with Gasteiger partial charge in [-0.3, -0.25) is 4.79 Å². The summed E-state index contributed by atoms with van der Waals surface area (Å²) < 4.78 is 21.4. The Labute approximate surface area is 97.4 Å². The van der Waals surface area contributed by atoms with Gasteiger partial charge in [-0.15, -0.1) is 0 Å². The highest BCUT2D eigenvalue weighted by Crippen LogP contribution is 2.19. The zero-order valence-electron chi connectivity index (χ0n) is 10.7. The Morgan fingerprint density at radius 2 is 1.62 bits per heavy atom. The minimum Gasteiger partial charge on any atom is -0.389 e. The summed E-state index contributed by atoms with van der Waals surface area (Å²) in [6.07, 6.45) is 1.03. The summed E-state index contributed by atoms with van der Waals surface area (Å²) in [6.45, 7) is 5.94. The van der Waals surface area contributed by atoms with E-state index in [1.165, 1.54) is 25.8 Å². The lowest BCUT2D eigenvalue weighted by Gasteiger charge is -2.31. The average Bonchev–Trinajstić information content (AvgIpc) is 1.97. The Balaban J connectivity index is 4.96. The fraction of sp³-hybridized carbons (Fsp3) is 0.900. The van der Waals surface area contributed by atoms with Gasteiger partial charge in [0.15, 0.2) is 9.84 Å². The smallest absolute Gasteiger partial charge is 0.243 e. The lowest BCUT2D eigenvalue weighted by atomic mass is 10.1. The van der Waals surface area contributed by atoms with Gasteiger partial charge in [-0.25, -0.2) is 8.42 Å². The maximum atomic E-state index is 11.9. The molecule has 0 spiro atoms. The SMILES string of the molecule is CN(CC(C)(C)O)C(=O)C(C)(C)S(C)(=O)=O. The summed E-state index contributed by atoms with van der Waals surface area (Å²) in [4.78, 5) is 13.2. The van der Waals surface area contributed by atoms with Crippen LogP contribution >= 0.6 is 0 Å². The number of carbonyl (C=O) groups is 1. The first-order valence-electron chi connectivity index (χ1n) is 4.96. The molecule has 0 rings (SSSR count). The number of likely N-dealkylation sites (N-methyl/N-ethyl adjacent to an activating group) is 1. The van der Waals surface area contributed by atoms with E-state index in [0.717, 1.165) is 6.26 Å². The molecule has 0 aromatic heterocycles. The van der Waals surface area contributed by atoms with Crippen LogP contribution < -0.4 is 0 Å². The number of carbonyl (C=O) groups excluding carboxylic acids is 1. The van der Waals surface area contributed by atoms with Crippen LogP contribution in [0.1, 0.15) is 27.7 Å². The predicted molar refractivity (Wildman–Crippen MR) is 62.9 cm³/mol. The second-order valence-electron chi connectivity index (χ2n) is 5.26. The number of rotatable bonds is 4. The molecule has 5 nitrogen and oxygen atoms in total. The lowest BCUT2D eigenvalue weighted by molar-refractivity contribution is -0.134. The molecule has 0 heterocycles. The van der Waals surface area contributed by atoms with E-state index in [2.05, 4.69) is 0 Å². The summed E-state index contributed by atoms with van der Waals surface area (Å²) >= 11 is 0. The third-order valence-electron chi connectivity index (χ3n) is 2.41. The molecule has 1 N–H and O–H groups in total. The molecule has 0 atom stereocenters. The van der Waals surface area contributed by atoms with E-state index in [1.807, 2.05) is 0 Å². The molecular formula is C10H21NO4S. The van der Waals surface area contributed by atoms with Crippen molar-refractivity contribution in [1.82, 2.24) is 4.90 Å². The molecule has 0 aliphatic rings. The van der Waals surface area contributed by atoms with Crippen molar-refractivity contribution in [1.29, 1.82) is 0 Å². The second kappa shape index (κ2) is 4.33. The molecule has 0 aliphatic heterocycles. The standard InChI is InChI=1S/C10H21NO4S/c1-9(2,13)7-11(5)8(12)10(3,4)16(6,14)15/h13H,7H2,1-6H3. The molecule has 0 fully saturated rings. The first-order valence-corrected chi connectivity index (χ1v) is 6.86. The lowest BCUT2D eigenvalue weighted by Crippen LogP contribution is -2.51. The average molecular weight is 251 g/mol. The predicted octanol–water partition coefficient (Wildman–Crippen LogP) is 0.0389. The van der Waals surface area contributed by atoms with E-state index in [1.54, 1.807) is 13.8 Å². The normalized spacial score (nSPS) is 13.7. The Morgan fingerprint density at radius 3 is 1.88 bits per heavy atom. The van der Waals surface area contributed by atoms with E-state index in [0.29, 0.717) is 0 Å². The van der Waals surface area contributed by atoms with Crippen molar-refractivity contribution in [3.05, 3.63) is 0 Å². The molecule has 16 heavy (non-hydrogen) atoms. The number of hydrogen-bond donors (Lipinski definition) is 1. The highest BCUT2D eigenvalue weighted by molar-refractivity contribution is 7.92. The van der Waals surface area contributed by atoms with Gasteiger partial charge in [-0.1, -0.05) is 0 Å². The minimum atomic E-state index is -3.48. The molecule has 6 heteroatoms. The largest absolute Gasteiger partial charge is 0.389 e. The molecule has 0 unspecified atom stereocenters. The van der Waals surface area contributed by atoms with Crippen LogP contribution in [0.2, 0.25) is 0 Å². The zero-order chi connectivity index (χ0) is 13.4. The van der Waals surface area contributed by atoms with Crippen molar-refractivity contribution in [3.63, 3.8) is 0 Å². The van der Waals surface area contributed by atoms with Crippen molar-refractivity contribution < 1.29 is 18.3 Å². The first kappa shape index (κ1) is 15.4. The van der Waals surface area contributed by atoms with E-state index in [9.17, 15) is 18.3 Å². The second-order valence-corrected chi connectivity index (χ2v) is 7.82. The summed E-state index contributed by atoms with van der Waals surface area (Å²) in [6, 6.07) is 0. The van der Waals surface area contributed by atoms with Crippen molar-refractivity contribution >= 4 is 15.7 Å². The van der Waals surface area contributed by atoms with Crippen LogP contribution in [-0.4, -0.2) is 54.5 Å². The zero-order valence-corrected chi connectivity index (χ0v) is 11.6. The summed E-state index contributed by atoms with van der Waals surface area (Å²) in [5.74, 6) is -0.517. The Morgan fingerprint density at radius 1 is 1.25 bits per heavy atom. The molecule has 0 saturated carbocycles. The quantitative estimate of drug-likeness (QED) is 0.765. The molecule has 0 aromatic carbocycles. The molecule has 96 valence electrons. The van der Waals surface area contributed by atoms with Gasteiger partial charge in [0.25, 0.3) is 0 Å². The minimum absolute atomic E-state index is 0.0881.